The summed E-state index contributed by atoms with van der Waals surface area (Å²) in [6.07, 6.45) is 0. The van der Waals surface area contributed by atoms with Gasteiger partial charge in [-0.25, -0.2) is 0 Å². The number of nitrogens with zero attached hydrogens (tertiary/aromatic N) is 1. The first kappa shape index (κ1) is 11.8. The van der Waals surface area contributed by atoms with Crippen LogP contribution in [0, 0.1) is 5.92 Å². The minimum absolute atomic E-state index is 0.0250. The number of carbonyl (C=O) groups is 1. The quantitative estimate of drug-likeness (QED) is 0.744. The van der Waals surface area contributed by atoms with E-state index >= 15 is 0 Å². The van der Waals surface area contributed by atoms with Gasteiger partial charge >= 0.3 is 5.97 Å². The van der Waals surface area contributed by atoms with Crippen LogP contribution in [0.25, 0.3) is 0 Å². The SMILES string of the molecule is CCOC(=O)C1CN(c2ccc(OC)cc2)C1. The van der Waals surface area contributed by atoms with Gasteiger partial charge in [-0.2, -0.15) is 0 Å². The first-order valence-corrected chi connectivity index (χ1v) is 5.80. The number of carbonyl (C=O) groups excluding carboxylic acids is 1. The predicted octanol–water partition coefficient (Wildman–Crippen LogP) is 1.69. The second-order valence-electron chi connectivity index (χ2n) is 4.05. The first-order valence-electron chi connectivity index (χ1n) is 5.80. The van der Waals surface area contributed by atoms with Crippen molar-refractivity contribution >= 4 is 11.7 Å². The molecule has 4 heteroatoms. The van der Waals surface area contributed by atoms with Crippen LogP contribution in [0.15, 0.2) is 24.3 Å². The number of hydrogen-bond acceptors (Lipinski definition) is 4. The van der Waals surface area contributed by atoms with Gasteiger partial charge in [0.25, 0.3) is 0 Å². The lowest BCUT2D eigenvalue weighted by Gasteiger charge is -2.39. The van der Waals surface area contributed by atoms with Gasteiger partial charge in [-0.1, -0.05) is 0 Å². The van der Waals surface area contributed by atoms with Crippen LogP contribution in [-0.4, -0.2) is 32.8 Å². The van der Waals surface area contributed by atoms with Crippen molar-refractivity contribution in [2.24, 2.45) is 5.92 Å². The fourth-order valence-corrected chi connectivity index (χ4v) is 1.89. The van der Waals surface area contributed by atoms with Gasteiger partial charge in [-0.05, 0) is 31.2 Å². The fourth-order valence-electron chi connectivity index (χ4n) is 1.89. The molecule has 0 amide bonds. The molecule has 0 bridgehead atoms. The third-order valence-corrected chi connectivity index (χ3v) is 2.94. The maximum Gasteiger partial charge on any atom is 0.312 e. The van der Waals surface area contributed by atoms with Gasteiger partial charge in [0, 0.05) is 18.8 Å². The number of hydrogen-bond donors (Lipinski definition) is 0. The average Bonchev–Trinajstić information content (AvgIpc) is 2.28. The average molecular weight is 235 g/mol. The summed E-state index contributed by atoms with van der Waals surface area (Å²) in [4.78, 5) is 13.6. The van der Waals surface area contributed by atoms with Gasteiger partial charge in [0.05, 0.1) is 19.6 Å². The summed E-state index contributed by atoms with van der Waals surface area (Å²) < 4.78 is 10.1. The highest BCUT2D eigenvalue weighted by molar-refractivity contribution is 5.76. The van der Waals surface area contributed by atoms with E-state index in [0.717, 1.165) is 24.5 Å². The molecule has 1 aromatic rings. The molecule has 1 aliphatic heterocycles. The first-order chi connectivity index (χ1) is 8.24. The van der Waals surface area contributed by atoms with E-state index in [1.54, 1.807) is 7.11 Å². The summed E-state index contributed by atoms with van der Waals surface area (Å²) in [6, 6.07) is 7.85. The summed E-state index contributed by atoms with van der Waals surface area (Å²) in [7, 11) is 1.65. The lowest BCUT2D eigenvalue weighted by molar-refractivity contribution is -0.148. The van der Waals surface area contributed by atoms with Crippen LogP contribution < -0.4 is 9.64 Å². The molecule has 1 aromatic carbocycles. The topological polar surface area (TPSA) is 38.8 Å². The number of rotatable bonds is 4. The van der Waals surface area contributed by atoms with Crippen molar-refractivity contribution < 1.29 is 14.3 Å². The molecule has 17 heavy (non-hydrogen) atoms. The number of methoxy groups -OCH3 is 1. The van der Waals surface area contributed by atoms with Crippen LogP contribution in [0.3, 0.4) is 0 Å². The molecule has 0 radical (unpaired) electrons. The van der Waals surface area contributed by atoms with E-state index in [0.29, 0.717) is 6.61 Å². The van der Waals surface area contributed by atoms with Crippen LogP contribution in [-0.2, 0) is 9.53 Å². The maximum absolute atomic E-state index is 11.4. The molecular formula is C13H17NO3. The van der Waals surface area contributed by atoms with Crippen molar-refractivity contribution in [2.75, 3.05) is 31.7 Å². The molecule has 92 valence electrons. The van der Waals surface area contributed by atoms with Gasteiger partial charge in [0.15, 0.2) is 0 Å². The molecule has 1 fully saturated rings. The number of anilines is 1. The Balaban J connectivity index is 1.88. The van der Waals surface area contributed by atoms with Crippen molar-refractivity contribution in [2.45, 2.75) is 6.92 Å². The Morgan fingerprint density at radius 2 is 2.00 bits per heavy atom. The summed E-state index contributed by atoms with van der Waals surface area (Å²) in [6.45, 7) is 3.77. The number of benzene rings is 1. The molecule has 4 nitrogen and oxygen atoms in total. The van der Waals surface area contributed by atoms with Gasteiger partial charge in [0.1, 0.15) is 5.75 Å². The number of esters is 1. The smallest absolute Gasteiger partial charge is 0.312 e. The number of ether oxygens (including phenoxy) is 2. The minimum Gasteiger partial charge on any atom is -0.497 e. The van der Waals surface area contributed by atoms with Gasteiger partial charge in [-0.3, -0.25) is 4.79 Å². The Labute approximate surface area is 101 Å². The summed E-state index contributed by atoms with van der Waals surface area (Å²) in [5.74, 6) is 0.783. The lowest BCUT2D eigenvalue weighted by atomic mass is 9.99. The summed E-state index contributed by atoms with van der Waals surface area (Å²) in [5.41, 5.74) is 1.12. The lowest BCUT2D eigenvalue weighted by Crippen LogP contribution is -2.51. The molecule has 1 saturated heterocycles. The van der Waals surface area contributed by atoms with E-state index < -0.39 is 0 Å². The van der Waals surface area contributed by atoms with E-state index in [9.17, 15) is 4.79 Å². The normalized spacial score (nSPS) is 15.3. The van der Waals surface area contributed by atoms with Crippen LogP contribution >= 0.6 is 0 Å². The molecule has 2 rings (SSSR count). The Kier molecular flexibility index (Phi) is 3.52. The minimum atomic E-state index is -0.0859. The highest BCUT2D eigenvalue weighted by atomic mass is 16.5. The van der Waals surface area contributed by atoms with Crippen LogP contribution in [0.5, 0.6) is 5.75 Å². The van der Waals surface area contributed by atoms with Crippen LogP contribution in [0.2, 0.25) is 0 Å². The second kappa shape index (κ2) is 5.08. The molecule has 0 aliphatic carbocycles. The van der Waals surface area contributed by atoms with Crippen molar-refractivity contribution in [1.82, 2.24) is 0 Å². The fraction of sp³-hybridized carbons (Fsp3) is 0.462. The van der Waals surface area contributed by atoms with E-state index in [2.05, 4.69) is 4.90 Å². The third-order valence-electron chi connectivity index (χ3n) is 2.94. The maximum atomic E-state index is 11.4. The summed E-state index contributed by atoms with van der Waals surface area (Å²) >= 11 is 0. The zero-order valence-corrected chi connectivity index (χ0v) is 10.2. The van der Waals surface area contributed by atoms with E-state index in [-0.39, 0.29) is 11.9 Å². The Hall–Kier alpha value is -1.71. The standard InChI is InChI=1S/C13H17NO3/c1-3-17-13(15)10-8-14(9-10)11-4-6-12(16-2)7-5-11/h4-7,10H,3,8-9H2,1-2H3. The predicted molar refractivity (Wildman–Crippen MR) is 65.3 cm³/mol. The molecule has 0 aromatic heterocycles. The van der Waals surface area contributed by atoms with Crippen molar-refractivity contribution in [1.29, 1.82) is 0 Å². The van der Waals surface area contributed by atoms with Gasteiger partial charge < -0.3 is 14.4 Å². The molecule has 1 aliphatic rings. The van der Waals surface area contributed by atoms with Crippen LogP contribution in [0.4, 0.5) is 5.69 Å². The zero-order chi connectivity index (χ0) is 12.3. The van der Waals surface area contributed by atoms with E-state index in [1.165, 1.54) is 0 Å². The summed E-state index contributed by atoms with van der Waals surface area (Å²) in [5, 5.41) is 0. The highest BCUT2D eigenvalue weighted by Crippen LogP contribution is 2.26. The largest absolute Gasteiger partial charge is 0.497 e. The van der Waals surface area contributed by atoms with E-state index in [4.69, 9.17) is 9.47 Å². The van der Waals surface area contributed by atoms with Crippen LogP contribution in [0.1, 0.15) is 6.92 Å². The van der Waals surface area contributed by atoms with Gasteiger partial charge in [0.2, 0.25) is 0 Å². The molecule has 0 atom stereocenters. The third kappa shape index (κ3) is 2.52. The van der Waals surface area contributed by atoms with E-state index in [1.807, 2.05) is 31.2 Å². The van der Waals surface area contributed by atoms with Crippen molar-refractivity contribution in [3.8, 4) is 5.75 Å². The van der Waals surface area contributed by atoms with Gasteiger partial charge in [-0.15, -0.1) is 0 Å². The molecule has 0 N–H and O–H groups in total. The zero-order valence-electron chi connectivity index (χ0n) is 10.2. The highest BCUT2D eigenvalue weighted by Gasteiger charge is 2.33. The Morgan fingerprint density at radius 3 is 2.53 bits per heavy atom. The second-order valence-corrected chi connectivity index (χ2v) is 4.05. The monoisotopic (exact) mass is 235 g/mol. The molecule has 0 saturated carbocycles. The molecule has 0 spiro atoms. The Morgan fingerprint density at radius 1 is 1.35 bits per heavy atom. The Bertz CT molecular complexity index is 382. The van der Waals surface area contributed by atoms with Crippen molar-refractivity contribution in [3.63, 3.8) is 0 Å². The van der Waals surface area contributed by atoms with Crippen molar-refractivity contribution in [3.05, 3.63) is 24.3 Å². The molecule has 0 unspecified atom stereocenters. The molecular weight excluding hydrogens is 218 g/mol. The molecule has 1 heterocycles.